The molecule has 0 saturated heterocycles. The minimum absolute atomic E-state index is 0.225. The maximum Gasteiger partial charge on any atom is 0.134 e. The van der Waals surface area contributed by atoms with Gasteiger partial charge in [0.25, 0.3) is 0 Å². The van der Waals surface area contributed by atoms with Crippen molar-refractivity contribution in [2.45, 2.75) is 31.3 Å². The highest BCUT2D eigenvalue weighted by molar-refractivity contribution is 5.92. The zero-order valence-corrected chi connectivity index (χ0v) is 10.8. The first kappa shape index (κ1) is 12.2. The van der Waals surface area contributed by atoms with Crippen molar-refractivity contribution in [3.8, 4) is 5.75 Å². The molecule has 1 aliphatic carbocycles. The van der Waals surface area contributed by atoms with Crippen molar-refractivity contribution in [3.05, 3.63) is 30.5 Å². The van der Waals surface area contributed by atoms with Crippen LogP contribution < -0.4 is 5.32 Å². The first-order valence-corrected chi connectivity index (χ1v) is 6.70. The Hall–Kier alpha value is -1.81. The van der Waals surface area contributed by atoms with Crippen molar-refractivity contribution in [1.29, 1.82) is 0 Å². The highest BCUT2D eigenvalue weighted by atomic mass is 16.3. The van der Waals surface area contributed by atoms with Crippen LogP contribution in [0.25, 0.3) is 10.8 Å². The standard InChI is InChI=1S/C15H18N2O2/c18-12-4-3-11-5-8-16-14(13(11)9-12)17-10-15(19)6-1-2-7-15/h3-5,8-9,18-19H,1-2,6-7,10H2,(H,16,17). The van der Waals surface area contributed by atoms with Gasteiger partial charge in [0.05, 0.1) is 5.60 Å². The van der Waals surface area contributed by atoms with Crippen LogP contribution in [0.4, 0.5) is 5.82 Å². The van der Waals surface area contributed by atoms with Gasteiger partial charge in [-0.05, 0) is 36.4 Å². The minimum Gasteiger partial charge on any atom is -0.508 e. The molecule has 0 atom stereocenters. The lowest BCUT2D eigenvalue weighted by Crippen LogP contribution is -2.33. The third-order valence-corrected chi connectivity index (χ3v) is 3.87. The number of hydrogen-bond acceptors (Lipinski definition) is 4. The van der Waals surface area contributed by atoms with Crippen molar-refractivity contribution < 1.29 is 10.2 Å². The van der Waals surface area contributed by atoms with Gasteiger partial charge < -0.3 is 15.5 Å². The molecule has 1 aliphatic rings. The highest BCUT2D eigenvalue weighted by Gasteiger charge is 2.30. The van der Waals surface area contributed by atoms with Gasteiger partial charge in [0.1, 0.15) is 11.6 Å². The molecule has 1 saturated carbocycles. The van der Waals surface area contributed by atoms with Gasteiger partial charge in [-0.2, -0.15) is 0 Å². The van der Waals surface area contributed by atoms with E-state index in [-0.39, 0.29) is 5.75 Å². The van der Waals surface area contributed by atoms with Crippen molar-refractivity contribution >= 4 is 16.6 Å². The number of aromatic hydroxyl groups is 1. The fraction of sp³-hybridized carbons (Fsp3) is 0.400. The molecule has 19 heavy (non-hydrogen) atoms. The van der Waals surface area contributed by atoms with E-state index in [9.17, 15) is 10.2 Å². The van der Waals surface area contributed by atoms with Crippen LogP contribution in [0.15, 0.2) is 30.5 Å². The average Bonchev–Trinajstić information content (AvgIpc) is 2.84. The highest BCUT2D eigenvalue weighted by Crippen LogP contribution is 2.31. The third kappa shape index (κ3) is 2.49. The van der Waals surface area contributed by atoms with Gasteiger partial charge in [0, 0.05) is 18.1 Å². The van der Waals surface area contributed by atoms with Gasteiger partial charge in [-0.25, -0.2) is 4.98 Å². The number of nitrogens with zero attached hydrogens (tertiary/aromatic N) is 1. The van der Waals surface area contributed by atoms with Crippen LogP contribution in [-0.4, -0.2) is 27.3 Å². The number of nitrogens with one attached hydrogen (secondary N) is 1. The van der Waals surface area contributed by atoms with Crippen LogP contribution in [-0.2, 0) is 0 Å². The fourth-order valence-corrected chi connectivity index (χ4v) is 2.76. The van der Waals surface area contributed by atoms with Gasteiger partial charge in [0.2, 0.25) is 0 Å². The predicted octanol–water partition coefficient (Wildman–Crippen LogP) is 2.66. The molecule has 0 amide bonds. The van der Waals surface area contributed by atoms with Crippen LogP contribution in [0.5, 0.6) is 5.75 Å². The monoisotopic (exact) mass is 258 g/mol. The molecule has 3 N–H and O–H groups in total. The van der Waals surface area contributed by atoms with Crippen molar-refractivity contribution in [3.63, 3.8) is 0 Å². The SMILES string of the molecule is Oc1ccc2ccnc(NCC3(O)CCCC3)c2c1. The summed E-state index contributed by atoms with van der Waals surface area (Å²) in [7, 11) is 0. The first-order valence-electron chi connectivity index (χ1n) is 6.70. The molecule has 4 heteroatoms. The molecule has 0 aliphatic heterocycles. The van der Waals surface area contributed by atoms with E-state index in [0.29, 0.717) is 12.4 Å². The molecule has 3 rings (SSSR count). The van der Waals surface area contributed by atoms with Crippen LogP contribution >= 0.6 is 0 Å². The summed E-state index contributed by atoms with van der Waals surface area (Å²) in [4.78, 5) is 4.31. The van der Waals surface area contributed by atoms with Gasteiger partial charge in [-0.15, -0.1) is 0 Å². The van der Waals surface area contributed by atoms with Crippen LogP contribution in [0.1, 0.15) is 25.7 Å². The zero-order valence-electron chi connectivity index (χ0n) is 10.8. The molecule has 0 bridgehead atoms. The van der Waals surface area contributed by atoms with Crippen molar-refractivity contribution in [2.75, 3.05) is 11.9 Å². The van der Waals surface area contributed by atoms with Gasteiger partial charge in [0.15, 0.2) is 0 Å². The average molecular weight is 258 g/mol. The van der Waals surface area contributed by atoms with Gasteiger partial charge in [-0.3, -0.25) is 0 Å². The molecule has 1 aromatic heterocycles. The summed E-state index contributed by atoms with van der Waals surface area (Å²) >= 11 is 0. The number of hydrogen-bond donors (Lipinski definition) is 3. The Morgan fingerprint density at radius 1 is 1.21 bits per heavy atom. The molecule has 1 aromatic carbocycles. The second-order valence-corrected chi connectivity index (χ2v) is 5.35. The number of aliphatic hydroxyl groups is 1. The summed E-state index contributed by atoms with van der Waals surface area (Å²) in [6, 6.07) is 7.13. The Bertz CT molecular complexity index is 592. The molecule has 0 spiro atoms. The number of phenols is 1. The Morgan fingerprint density at radius 2 is 2.00 bits per heavy atom. The largest absolute Gasteiger partial charge is 0.508 e. The predicted molar refractivity (Wildman–Crippen MR) is 75.3 cm³/mol. The quantitative estimate of drug-likeness (QED) is 0.792. The number of fused-ring (bicyclic) bond motifs is 1. The molecule has 1 fully saturated rings. The fourth-order valence-electron chi connectivity index (χ4n) is 2.76. The van der Waals surface area contributed by atoms with E-state index in [2.05, 4.69) is 10.3 Å². The van der Waals surface area contributed by atoms with Crippen LogP contribution in [0.2, 0.25) is 0 Å². The van der Waals surface area contributed by atoms with Crippen LogP contribution in [0, 0.1) is 0 Å². The second kappa shape index (κ2) is 4.70. The van der Waals surface area contributed by atoms with Crippen molar-refractivity contribution in [2.24, 2.45) is 0 Å². The smallest absolute Gasteiger partial charge is 0.134 e. The van der Waals surface area contributed by atoms with E-state index in [1.165, 1.54) is 0 Å². The molecular weight excluding hydrogens is 240 g/mol. The summed E-state index contributed by atoms with van der Waals surface area (Å²) in [5, 5.41) is 25.0. The zero-order chi connectivity index (χ0) is 13.3. The third-order valence-electron chi connectivity index (χ3n) is 3.87. The molecule has 4 nitrogen and oxygen atoms in total. The Morgan fingerprint density at radius 3 is 2.79 bits per heavy atom. The minimum atomic E-state index is -0.610. The summed E-state index contributed by atoms with van der Waals surface area (Å²) in [6.45, 7) is 0.509. The molecule has 1 heterocycles. The number of benzene rings is 1. The molecule has 2 aromatic rings. The van der Waals surface area contributed by atoms with E-state index >= 15 is 0 Å². The van der Waals surface area contributed by atoms with E-state index < -0.39 is 5.60 Å². The summed E-state index contributed by atoms with van der Waals surface area (Å²) < 4.78 is 0. The Balaban J connectivity index is 1.86. The number of pyridine rings is 1. The summed E-state index contributed by atoms with van der Waals surface area (Å²) in [5.41, 5.74) is -0.610. The van der Waals surface area contributed by atoms with E-state index in [1.807, 2.05) is 12.1 Å². The molecule has 0 radical (unpaired) electrons. The topological polar surface area (TPSA) is 65.4 Å². The Labute approximate surface area is 112 Å². The van der Waals surface area contributed by atoms with E-state index in [4.69, 9.17) is 0 Å². The normalized spacial score (nSPS) is 17.7. The van der Waals surface area contributed by atoms with E-state index in [0.717, 1.165) is 36.5 Å². The molecule has 0 unspecified atom stereocenters. The van der Waals surface area contributed by atoms with Crippen molar-refractivity contribution in [1.82, 2.24) is 4.98 Å². The maximum absolute atomic E-state index is 10.3. The Kier molecular flexibility index (Phi) is 3.03. The van der Waals surface area contributed by atoms with E-state index in [1.54, 1.807) is 18.3 Å². The number of rotatable bonds is 3. The van der Waals surface area contributed by atoms with Gasteiger partial charge >= 0.3 is 0 Å². The maximum atomic E-state index is 10.3. The lowest BCUT2D eigenvalue weighted by molar-refractivity contribution is 0.0614. The lowest BCUT2D eigenvalue weighted by atomic mass is 10.0. The second-order valence-electron chi connectivity index (χ2n) is 5.35. The van der Waals surface area contributed by atoms with Gasteiger partial charge in [-0.1, -0.05) is 18.9 Å². The summed E-state index contributed by atoms with van der Waals surface area (Å²) in [6.07, 6.45) is 5.59. The number of anilines is 1. The number of aromatic nitrogens is 1. The molecular formula is C15H18N2O2. The summed E-state index contributed by atoms with van der Waals surface area (Å²) in [5.74, 6) is 0.942. The number of phenolic OH excluding ortho intramolecular Hbond substituents is 1. The first-order chi connectivity index (χ1) is 9.16. The van der Waals surface area contributed by atoms with Crippen LogP contribution in [0.3, 0.4) is 0 Å². The molecule has 100 valence electrons. The lowest BCUT2D eigenvalue weighted by Gasteiger charge is -2.23.